The Morgan fingerprint density at radius 3 is 2.44 bits per heavy atom. The molecule has 2 N–H and O–H groups in total. The summed E-state index contributed by atoms with van der Waals surface area (Å²) >= 11 is 0. The molecule has 184 valence electrons. The summed E-state index contributed by atoms with van der Waals surface area (Å²) in [6, 6.07) is 1.04. The average Bonchev–Trinajstić information content (AvgIpc) is 2.65. The average molecular weight is 467 g/mol. The topological polar surface area (TPSA) is 76.0 Å². The first-order chi connectivity index (χ1) is 14.5. The summed E-state index contributed by atoms with van der Waals surface area (Å²) < 4.78 is 13.4. The van der Waals surface area contributed by atoms with E-state index in [4.69, 9.17) is 9.16 Å². The number of fused-ring (bicyclic) bond motifs is 3. The van der Waals surface area contributed by atoms with Gasteiger partial charge < -0.3 is 19.4 Å². The molecule has 0 bridgehead atoms. The van der Waals surface area contributed by atoms with Crippen molar-refractivity contribution in [1.82, 2.24) is 0 Å². The zero-order chi connectivity index (χ0) is 24.4. The molecule has 2 aliphatic carbocycles. The van der Waals surface area contributed by atoms with Crippen LogP contribution < -0.4 is 0 Å². The van der Waals surface area contributed by atoms with E-state index in [0.717, 1.165) is 31.7 Å². The van der Waals surface area contributed by atoms with Gasteiger partial charge >= 0.3 is 0 Å². The highest BCUT2D eigenvalue weighted by Gasteiger charge is 2.78. The molecule has 32 heavy (non-hydrogen) atoms. The molecular formula is C26H46O5Si. The molecule has 0 aromatic rings. The van der Waals surface area contributed by atoms with Crippen LogP contribution in [0.5, 0.6) is 0 Å². The van der Waals surface area contributed by atoms with Crippen LogP contribution in [0.4, 0.5) is 0 Å². The molecule has 3 aliphatic rings. The quantitative estimate of drug-likeness (QED) is 0.425. The summed E-state index contributed by atoms with van der Waals surface area (Å²) in [4.78, 5) is 13.9. The van der Waals surface area contributed by atoms with Crippen LogP contribution in [-0.4, -0.2) is 53.3 Å². The van der Waals surface area contributed by atoms with E-state index in [-0.39, 0.29) is 36.1 Å². The van der Waals surface area contributed by atoms with Crippen LogP contribution in [0.25, 0.3) is 0 Å². The van der Waals surface area contributed by atoms with E-state index in [2.05, 4.69) is 40.4 Å². The van der Waals surface area contributed by atoms with Crippen LogP contribution >= 0.6 is 0 Å². The minimum atomic E-state index is -2.04. The van der Waals surface area contributed by atoms with Gasteiger partial charge in [0, 0.05) is 24.2 Å². The van der Waals surface area contributed by atoms with Crippen LogP contribution in [0, 0.1) is 16.7 Å². The van der Waals surface area contributed by atoms with Crippen molar-refractivity contribution < 1.29 is 24.2 Å². The van der Waals surface area contributed by atoms with E-state index < -0.39 is 36.6 Å². The second kappa shape index (κ2) is 8.01. The van der Waals surface area contributed by atoms with E-state index in [1.54, 1.807) is 13.0 Å². The first-order valence-electron chi connectivity index (χ1n) is 12.5. The highest BCUT2D eigenvalue weighted by atomic mass is 28.4. The summed E-state index contributed by atoms with van der Waals surface area (Å²) in [5.41, 5.74) is -5.03. The van der Waals surface area contributed by atoms with Crippen molar-refractivity contribution in [2.45, 2.75) is 128 Å². The van der Waals surface area contributed by atoms with Crippen LogP contribution in [0.3, 0.4) is 0 Å². The van der Waals surface area contributed by atoms with Gasteiger partial charge in [0.25, 0.3) is 0 Å². The van der Waals surface area contributed by atoms with Crippen molar-refractivity contribution in [1.29, 1.82) is 0 Å². The highest BCUT2D eigenvalue weighted by Crippen LogP contribution is 2.67. The second-order valence-electron chi connectivity index (χ2n) is 12.7. The van der Waals surface area contributed by atoms with Crippen molar-refractivity contribution in [2.24, 2.45) is 16.7 Å². The molecule has 0 amide bonds. The first-order valence-corrected chi connectivity index (χ1v) is 15.6. The molecular weight excluding hydrogens is 420 g/mol. The lowest BCUT2D eigenvalue weighted by Crippen LogP contribution is -2.82. The number of rotatable bonds is 6. The number of ether oxygens (including phenoxy) is 1. The van der Waals surface area contributed by atoms with Gasteiger partial charge in [0.15, 0.2) is 19.7 Å². The Morgan fingerprint density at radius 1 is 1.25 bits per heavy atom. The standard InChI is InChI=1S/C26H46O5Si/c1-10-12-15-32(8,9)30-20-13-14-22(3,4)21-18(27)16-24(6)26(29,25(20,21)7)19(28)17-23(5,11-2)31-24/h11,18,20-21,27,29H,2,10,12-17H2,1,3-9H3/t18-,20?,21+,23+,24-,25+,26-/m1/s1. The summed E-state index contributed by atoms with van der Waals surface area (Å²) in [5, 5.41) is 24.0. The predicted molar refractivity (Wildman–Crippen MR) is 130 cm³/mol. The number of ketones is 1. The van der Waals surface area contributed by atoms with Crippen molar-refractivity contribution in [3.05, 3.63) is 12.7 Å². The number of carbonyl (C=O) groups is 1. The first kappa shape index (κ1) is 26.1. The largest absolute Gasteiger partial charge is 0.414 e. The van der Waals surface area contributed by atoms with Gasteiger partial charge in [-0.15, -0.1) is 6.58 Å². The molecule has 7 atom stereocenters. The number of unbranched alkanes of at least 4 members (excludes halogenated alkanes) is 1. The maximum absolute atomic E-state index is 13.9. The molecule has 1 saturated heterocycles. The van der Waals surface area contributed by atoms with Gasteiger partial charge in [0.1, 0.15) is 5.60 Å². The van der Waals surface area contributed by atoms with Gasteiger partial charge in [-0.3, -0.25) is 4.79 Å². The fraction of sp³-hybridized carbons (Fsp3) is 0.885. The molecule has 1 unspecified atom stereocenters. The molecule has 3 rings (SSSR count). The Morgan fingerprint density at radius 2 is 1.88 bits per heavy atom. The maximum Gasteiger partial charge on any atom is 0.187 e. The van der Waals surface area contributed by atoms with Gasteiger partial charge in [0.05, 0.1) is 17.8 Å². The van der Waals surface area contributed by atoms with E-state index in [1.165, 1.54) is 0 Å². The lowest BCUT2D eigenvalue weighted by molar-refractivity contribution is -0.339. The molecule has 6 heteroatoms. The summed E-state index contributed by atoms with van der Waals surface area (Å²) in [6.07, 6.45) is 4.81. The number of hydrogen-bond acceptors (Lipinski definition) is 5. The molecule has 0 radical (unpaired) electrons. The molecule has 2 saturated carbocycles. The van der Waals surface area contributed by atoms with Crippen LogP contribution in [0.2, 0.25) is 19.1 Å². The Labute approximate surface area is 196 Å². The number of hydrogen-bond donors (Lipinski definition) is 2. The van der Waals surface area contributed by atoms with Crippen LogP contribution in [-0.2, 0) is 14.0 Å². The van der Waals surface area contributed by atoms with Gasteiger partial charge in [-0.05, 0) is 51.2 Å². The maximum atomic E-state index is 13.9. The van der Waals surface area contributed by atoms with Gasteiger partial charge in [-0.1, -0.05) is 46.6 Å². The SMILES string of the molecule is C=C[C@@]1(C)CC(=O)[C@@]2(O)[C@@](C)(C[C@@H](O)[C@H]3C(C)(C)CCC(O[Si](C)(C)CCCC)[C@@]32C)O1. The van der Waals surface area contributed by atoms with Crippen molar-refractivity contribution in [3.63, 3.8) is 0 Å². The minimum Gasteiger partial charge on any atom is -0.414 e. The van der Waals surface area contributed by atoms with Crippen molar-refractivity contribution in [2.75, 3.05) is 0 Å². The molecule has 1 heterocycles. The van der Waals surface area contributed by atoms with Gasteiger partial charge in [-0.2, -0.15) is 0 Å². The number of aliphatic hydroxyl groups excluding tert-OH is 1. The Balaban J connectivity index is 2.16. The van der Waals surface area contributed by atoms with Gasteiger partial charge in [-0.25, -0.2) is 0 Å². The normalized spacial score (nSPS) is 46.3. The third kappa shape index (κ3) is 3.69. The third-order valence-corrected chi connectivity index (χ3v) is 11.6. The van der Waals surface area contributed by atoms with Crippen molar-refractivity contribution in [3.8, 4) is 0 Å². The van der Waals surface area contributed by atoms with E-state index in [0.29, 0.717) is 0 Å². The Bertz CT molecular complexity index is 765. The summed E-state index contributed by atoms with van der Waals surface area (Å²) in [6.45, 7) is 20.5. The van der Waals surface area contributed by atoms with Gasteiger partial charge in [0.2, 0.25) is 0 Å². The third-order valence-electron chi connectivity index (χ3n) is 9.14. The number of aliphatic hydroxyl groups is 2. The molecule has 1 aliphatic heterocycles. The second-order valence-corrected chi connectivity index (χ2v) is 16.9. The summed E-state index contributed by atoms with van der Waals surface area (Å²) in [7, 11) is -2.04. The predicted octanol–water partition coefficient (Wildman–Crippen LogP) is 5.01. The number of carbonyl (C=O) groups excluding carboxylic acids is 1. The Kier molecular flexibility index (Phi) is 6.53. The van der Waals surface area contributed by atoms with Crippen molar-refractivity contribution >= 4 is 14.1 Å². The molecule has 0 aromatic heterocycles. The lowest BCUT2D eigenvalue weighted by atomic mass is 9.40. The Hall–Kier alpha value is -0.533. The minimum absolute atomic E-state index is 0.0742. The monoisotopic (exact) mass is 466 g/mol. The van der Waals surface area contributed by atoms with Crippen LogP contribution in [0.15, 0.2) is 12.7 Å². The molecule has 5 nitrogen and oxygen atoms in total. The zero-order valence-corrected chi connectivity index (χ0v) is 22.6. The highest BCUT2D eigenvalue weighted by molar-refractivity contribution is 6.71. The van der Waals surface area contributed by atoms with E-state index in [9.17, 15) is 15.0 Å². The fourth-order valence-electron chi connectivity index (χ4n) is 7.63. The lowest BCUT2D eigenvalue weighted by Gasteiger charge is -2.70. The fourth-order valence-corrected chi connectivity index (χ4v) is 10.1. The molecule has 0 aromatic carbocycles. The molecule has 0 spiro atoms. The van der Waals surface area contributed by atoms with E-state index in [1.807, 2.05) is 13.8 Å². The van der Waals surface area contributed by atoms with E-state index >= 15 is 0 Å². The number of Topliss-reactive ketones (excluding diaryl/α,β-unsaturated/α-hetero) is 1. The molecule has 3 fully saturated rings. The zero-order valence-electron chi connectivity index (χ0n) is 21.6. The van der Waals surface area contributed by atoms with Crippen LogP contribution in [0.1, 0.15) is 80.1 Å². The summed E-state index contributed by atoms with van der Waals surface area (Å²) in [5.74, 6) is -0.490. The smallest absolute Gasteiger partial charge is 0.187 e.